The predicted octanol–water partition coefficient (Wildman–Crippen LogP) is 5.15. The Balaban J connectivity index is 1.79. The van der Waals surface area contributed by atoms with Crippen molar-refractivity contribution in [3.05, 3.63) is 56.4 Å². The molecular weight excluding hydrogens is 573 g/mol. The van der Waals surface area contributed by atoms with E-state index in [1.54, 1.807) is 11.0 Å². The first-order valence-corrected chi connectivity index (χ1v) is 13.2. The molecule has 0 radical (unpaired) electrons. The van der Waals surface area contributed by atoms with Gasteiger partial charge in [0.25, 0.3) is 0 Å². The highest BCUT2D eigenvalue weighted by Crippen LogP contribution is 2.30. The maximum Gasteiger partial charge on any atom is 0.410 e. The van der Waals surface area contributed by atoms with Crippen LogP contribution >= 0.6 is 22.6 Å². The second kappa shape index (κ2) is 11.8. The van der Waals surface area contributed by atoms with Crippen molar-refractivity contribution in [3.8, 4) is 5.75 Å². The van der Waals surface area contributed by atoms with Gasteiger partial charge in [0.15, 0.2) is 6.10 Å². The normalized spacial score (nSPS) is 17.4. The molecule has 0 aliphatic carbocycles. The molecule has 2 heterocycles. The zero-order valence-electron chi connectivity index (χ0n) is 22.1. The van der Waals surface area contributed by atoms with Crippen LogP contribution in [0.5, 0.6) is 5.75 Å². The first kappa shape index (κ1) is 28.2. The third-order valence-electron chi connectivity index (χ3n) is 5.98. The molecule has 0 unspecified atom stereocenters. The molecule has 1 aliphatic rings. The Labute approximate surface area is 227 Å². The Kier molecular flexibility index (Phi) is 9.21. The van der Waals surface area contributed by atoms with E-state index < -0.39 is 5.60 Å². The van der Waals surface area contributed by atoms with Gasteiger partial charge in [-0.3, -0.25) is 9.88 Å². The van der Waals surface area contributed by atoms with Crippen LogP contribution in [-0.2, 0) is 9.47 Å². The van der Waals surface area contributed by atoms with Crippen LogP contribution in [0.1, 0.15) is 61.0 Å². The molecule has 0 spiro atoms. The smallest absolute Gasteiger partial charge is 0.410 e. The van der Waals surface area contributed by atoms with Gasteiger partial charge in [-0.05, 0) is 93.5 Å². The summed E-state index contributed by atoms with van der Waals surface area (Å²) in [6.07, 6.45) is 1.23. The second-order valence-corrected chi connectivity index (χ2v) is 11.4. The lowest BCUT2D eigenvalue weighted by atomic mass is 10.1. The van der Waals surface area contributed by atoms with Gasteiger partial charge >= 0.3 is 12.1 Å². The highest BCUT2D eigenvalue weighted by atomic mass is 127. The zero-order valence-corrected chi connectivity index (χ0v) is 24.3. The van der Waals surface area contributed by atoms with E-state index >= 15 is 0 Å². The summed E-state index contributed by atoms with van der Waals surface area (Å²) in [6.45, 7) is 14.1. The van der Waals surface area contributed by atoms with E-state index in [0.717, 1.165) is 20.4 Å². The molecule has 196 valence electrons. The molecule has 2 aromatic rings. The Morgan fingerprint density at radius 1 is 1.19 bits per heavy atom. The van der Waals surface area contributed by atoms with Gasteiger partial charge in [-0.2, -0.15) is 0 Å². The molecule has 36 heavy (non-hydrogen) atoms. The Bertz CT molecular complexity index is 1080. The fourth-order valence-electron chi connectivity index (χ4n) is 4.11. The van der Waals surface area contributed by atoms with Crippen molar-refractivity contribution >= 4 is 34.7 Å². The summed E-state index contributed by atoms with van der Waals surface area (Å²) < 4.78 is 17.8. The molecule has 0 N–H and O–H groups in total. The van der Waals surface area contributed by atoms with Gasteiger partial charge < -0.3 is 19.1 Å². The van der Waals surface area contributed by atoms with Crippen LogP contribution in [0.4, 0.5) is 4.79 Å². The lowest BCUT2D eigenvalue weighted by Crippen LogP contribution is -2.55. The van der Waals surface area contributed by atoms with Crippen molar-refractivity contribution in [2.75, 3.05) is 33.3 Å². The number of hydrogen-bond donors (Lipinski definition) is 0. The summed E-state index contributed by atoms with van der Waals surface area (Å²) in [7, 11) is 1.38. The monoisotopic (exact) mass is 609 g/mol. The van der Waals surface area contributed by atoms with Crippen molar-refractivity contribution in [2.45, 2.75) is 59.3 Å². The average Bonchev–Trinajstić information content (AvgIpc) is 2.79. The standard InChI is InChI=1S/C27H36IN3O5/c1-17-8-9-22(29-14-17)24(35-23-12-18(2)20(13-21(23)28)25(32)34-7)16-30-10-11-31(19(3)15-30)26(33)36-27(4,5)6/h8-9,12-14,19,24H,10-11,15-16H2,1-7H3/t19-,24-/m1/s1. The van der Waals surface area contributed by atoms with E-state index in [9.17, 15) is 9.59 Å². The average molecular weight is 610 g/mol. The number of methoxy groups -OCH3 is 1. The van der Waals surface area contributed by atoms with Crippen molar-refractivity contribution in [1.82, 2.24) is 14.8 Å². The summed E-state index contributed by atoms with van der Waals surface area (Å²) in [4.78, 5) is 33.5. The van der Waals surface area contributed by atoms with Gasteiger partial charge in [0, 0.05) is 38.4 Å². The fraction of sp³-hybridized carbons (Fsp3) is 0.519. The zero-order chi connectivity index (χ0) is 26.6. The summed E-state index contributed by atoms with van der Waals surface area (Å²) in [5.41, 5.74) is 2.68. The van der Waals surface area contributed by atoms with Crippen molar-refractivity contribution in [1.29, 1.82) is 0 Å². The third kappa shape index (κ3) is 7.32. The summed E-state index contributed by atoms with van der Waals surface area (Å²) >= 11 is 2.18. The number of aryl methyl sites for hydroxylation is 2. The number of nitrogens with zero attached hydrogens (tertiary/aromatic N) is 3. The lowest BCUT2D eigenvalue weighted by Gasteiger charge is -2.41. The van der Waals surface area contributed by atoms with E-state index in [2.05, 4.69) is 32.5 Å². The minimum absolute atomic E-state index is 0.00180. The van der Waals surface area contributed by atoms with Crippen LogP contribution in [0.25, 0.3) is 0 Å². The first-order chi connectivity index (χ1) is 16.9. The molecule has 1 aromatic carbocycles. The molecule has 1 amide bonds. The largest absolute Gasteiger partial charge is 0.482 e. The van der Waals surface area contributed by atoms with Gasteiger partial charge in [-0.1, -0.05) is 6.07 Å². The SMILES string of the molecule is COC(=O)c1cc(I)c(O[C@H](CN2CCN(C(=O)OC(C)(C)C)[C@H](C)C2)c2ccc(C)cn2)cc1C. The summed E-state index contributed by atoms with van der Waals surface area (Å²) in [6, 6.07) is 7.68. The van der Waals surface area contributed by atoms with Gasteiger partial charge in [-0.15, -0.1) is 0 Å². The molecule has 0 saturated carbocycles. The number of carbonyl (C=O) groups excluding carboxylic acids is 2. The van der Waals surface area contributed by atoms with Crippen molar-refractivity contribution in [2.24, 2.45) is 0 Å². The maximum atomic E-state index is 12.6. The second-order valence-electron chi connectivity index (χ2n) is 10.2. The fourth-order valence-corrected chi connectivity index (χ4v) is 4.71. The summed E-state index contributed by atoms with van der Waals surface area (Å²) in [5.74, 6) is 0.319. The number of carbonyl (C=O) groups is 2. The van der Waals surface area contributed by atoms with Crippen LogP contribution < -0.4 is 4.74 Å². The topological polar surface area (TPSA) is 81.2 Å². The number of piperazine rings is 1. The molecule has 0 bridgehead atoms. The molecule has 1 aliphatic heterocycles. The van der Waals surface area contributed by atoms with E-state index in [4.69, 9.17) is 14.2 Å². The highest BCUT2D eigenvalue weighted by molar-refractivity contribution is 14.1. The lowest BCUT2D eigenvalue weighted by molar-refractivity contribution is -0.00319. The molecule has 2 atom stereocenters. The quantitative estimate of drug-likeness (QED) is 0.331. The molecule has 3 rings (SSSR count). The van der Waals surface area contributed by atoms with Gasteiger partial charge in [0.2, 0.25) is 0 Å². The van der Waals surface area contributed by atoms with Gasteiger partial charge in [-0.25, -0.2) is 9.59 Å². The van der Waals surface area contributed by atoms with E-state index in [1.807, 2.05) is 65.9 Å². The Morgan fingerprint density at radius 2 is 1.92 bits per heavy atom. The number of esters is 1. The Morgan fingerprint density at radius 3 is 2.50 bits per heavy atom. The molecule has 1 saturated heterocycles. The molecule has 1 aromatic heterocycles. The molecule has 8 nitrogen and oxygen atoms in total. The van der Waals surface area contributed by atoms with Crippen molar-refractivity contribution in [3.63, 3.8) is 0 Å². The molecule has 1 fully saturated rings. The van der Waals surface area contributed by atoms with Crippen LogP contribution in [-0.4, -0.2) is 71.8 Å². The van der Waals surface area contributed by atoms with E-state index in [0.29, 0.717) is 37.5 Å². The Hall–Kier alpha value is -2.40. The minimum Gasteiger partial charge on any atom is -0.482 e. The van der Waals surface area contributed by atoms with E-state index in [-0.39, 0.29) is 24.2 Å². The van der Waals surface area contributed by atoms with Crippen LogP contribution in [0.3, 0.4) is 0 Å². The van der Waals surface area contributed by atoms with Crippen molar-refractivity contribution < 1.29 is 23.8 Å². The van der Waals surface area contributed by atoms with E-state index in [1.165, 1.54) is 7.11 Å². The summed E-state index contributed by atoms with van der Waals surface area (Å²) in [5, 5.41) is 0. The first-order valence-electron chi connectivity index (χ1n) is 12.1. The van der Waals surface area contributed by atoms with Crippen LogP contribution in [0, 0.1) is 17.4 Å². The molecular formula is C27H36IN3O5. The molecule has 9 heteroatoms. The number of ether oxygens (including phenoxy) is 3. The van der Waals surface area contributed by atoms with Crippen LogP contribution in [0.2, 0.25) is 0 Å². The minimum atomic E-state index is -0.525. The predicted molar refractivity (Wildman–Crippen MR) is 146 cm³/mol. The van der Waals surface area contributed by atoms with Crippen LogP contribution in [0.15, 0.2) is 30.5 Å². The number of halogens is 1. The van der Waals surface area contributed by atoms with Gasteiger partial charge in [0.05, 0.1) is 21.9 Å². The number of rotatable bonds is 6. The third-order valence-corrected chi connectivity index (χ3v) is 6.82. The maximum absolute atomic E-state index is 12.6. The number of hydrogen-bond acceptors (Lipinski definition) is 7. The highest BCUT2D eigenvalue weighted by Gasteiger charge is 2.32. The number of benzene rings is 1. The number of amides is 1. The number of pyridine rings is 1. The number of aromatic nitrogens is 1. The van der Waals surface area contributed by atoms with Gasteiger partial charge in [0.1, 0.15) is 11.4 Å².